The molecule has 1 fully saturated rings. The molecular formula is C23H30N4O3. The molecule has 2 aromatic carbocycles. The van der Waals surface area contributed by atoms with Crippen molar-refractivity contribution in [1.29, 1.82) is 0 Å². The van der Waals surface area contributed by atoms with E-state index in [4.69, 9.17) is 4.74 Å². The minimum Gasteiger partial charge on any atom is -0.508 e. The number of rotatable bonds is 8. The lowest BCUT2D eigenvalue weighted by Gasteiger charge is -2.16. The van der Waals surface area contributed by atoms with Gasteiger partial charge in [0, 0.05) is 37.8 Å². The van der Waals surface area contributed by atoms with E-state index in [1.165, 1.54) is 0 Å². The Bertz CT molecular complexity index is 881. The van der Waals surface area contributed by atoms with Gasteiger partial charge in [0.05, 0.1) is 13.7 Å². The number of methoxy groups -OCH3 is 1. The summed E-state index contributed by atoms with van der Waals surface area (Å²) < 4.78 is 5.12. The molecule has 1 aliphatic rings. The Morgan fingerprint density at radius 2 is 2.00 bits per heavy atom. The summed E-state index contributed by atoms with van der Waals surface area (Å²) in [4.78, 5) is 18.3. The maximum atomic E-state index is 11.9. The molecule has 1 aliphatic heterocycles. The molecule has 0 radical (unpaired) electrons. The third-order valence-corrected chi connectivity index (χ3v) is 5.06. The standard InChI is InChI=1S/C23H30N4O3/c1-3-24-23(25-13-12-18-8-11-20(30-2)15-21(18)28)26-16-17-6-9-19(10-7-17)27-14-4-5-22(27)29/h6-11,15,28H,3-5,12-14,16H2,1-2H3,(H2,24,25,26). The quantitative estimate of drug-likeness (QED) is 0.460. The lowest BCUT2D eigenvalue weighted by Crippen LogP contribution is -2.38. The first kappa shape index (κ1) is 21.5. The first-order chi connectivity index (χ1) is 14.6. The molecule has 0 atom stereocenters. The van der Waals surface area contributed by atoms with Gasteiger partial charge in [0.15, 0.2) is 5.96 Å². The maximum absolute atomic E-state index is 11.9. The highest BCUT2D eigenvalue weighted by Gasteiger charge is 2.21. The van der Waals surface area contributed by atoms with Gasteiger partial charge < -0.3 is 25.4 Å². The number of phenolic OH excluding ortho intramolecular Hbond substituents is 1. The van der Waals surface area contributed by atoms with Crippen molar-refractivity contribution in [2.45, 2.75) is 32.7 Å². The normalized spacial score (nSPS) is 14.1. The van der Waals surface area contributed by atoms with E-state index in [2.05, 4.69) is 15.6 Å². The Morgan fingerprint density at radius 1 is 1.20 bits per heavy atom. The van der Waals surface area contributed by atoms with Gasteiger partial charge in [-0.2, -0.15) is 0 Å². The molecule has 0 saturated carbocycles. The monoisotopic (exact) mass is 410 g/mol. The number of hydrogen-bond acceptors (Lipinski definition) is 4. The molecule has 0 bridgehead atoms. The van der Waals surface area contributed by atoms with Gasteiger partial charge in [-0.3, -0.25) is 4.79 Å². The van der Waals surface area contributed by atoms with Crippen molar-refractivity contribution >= 4 is 17.6 Å². The zero-order valence-electron chi connectivity index (χ0n) is 17.6. The molecule has 2 aromatic rings. The van der Waals surface area contributed by atoms with Crippen molar-refractivity contribution in [3.63, 3.8) is 0 Å². The summed E-state index contributed by atoms with van der Waals surface area (Å²) in [6.07, 6.45) is 2.23. The van der Waals surface area contributed by atoms with Crippen LogP contribution in [0.4, 0.5) is 5.69 Å². The van der Waals surface area contributed by atoms with Crippen LogP contribution in [0.3, 0.4) is 0 Å². The van der Waals surface area contributed by atoms with Crippen molar-refractivity contribution in [1.82, 2.24) is 10.6 Å². The molecule has 3 N–H and O–H groups in total. The van der Waals surface area contributed by atoms with Crippen LogP contribution in [-0.2, 0) is 17.8 Å². The summed E-state index contributed by atoms with van der Waals surface area (Å²) in [5, 5.41) is 16.6. The van der Waals surface area contributed by atoms with E-state index in [0.29, 0.717) is 31.7 Å². The highest BCUT2D eigenvalue weighted by atomic mass is 16.5. The number of hydrogen-bond donors (Lipinski definition) is 3. The van der Waals surface area contributed by atoms with Gasteiger partial charge in [-0.15, -0.1) is 0 Å². The number of aromatic hydroxyl groups is 1. The van der Waals surface area contributed by atoms with Crippen molar-refractivity contribution in [3.8, 4) is 11.5 Å². The third kappa shape index (κ3) is 5.65. The zero-order chi connectivity index (χ0) is 21.3. The first-order valence-electron chi connectivity index (χ1n) is 10.4. The Labute approximate surface area is 177 Å². The lowest BCUT2D eigenvalue weighted by molar-refractivity contribution is -0.117. The van der Waals surface area contributed by atoms with Crippen molar-refractivity contribution < 1.29 is 14.6 Å². The number of nitrogens with zero attached hydrogens (tertiary/aromatic N) is 2. The van der Waals surface area contributed by atoms with E-state index in [-0.39, 0.29) is 11.7 Å². The molecule has 30 heavy (non-hydrogen) atoms. The van der Waals surface area contributed by atoms with Gasteiger partial charge >= 0.3 is 0 Å². The Hall–Kier alpha value is -3.22. The number of amides is 1. The van der Waals surface area contributed by atoms with E-state index < -0.39 is 0 Å². The van der Waals surface area contributed by atoms with Gasteiger partial charge in [-0.25, -0.2) is 4.99 Å². The molecule has 0 aliphatic carbocycles. The first-order valence-corrected chi connectivity index (χ1v) is 10.4. The van der Waals surface area contributed by atoms with Gasteiger partial charge in [0.1, 0.15) is 11.5 Å². The molecule has 1 saturated heterocycles. The number of anilines is 1. The Kier molecular flexibility index (Phi) is 7.54. The maximum Gasteiger partial charge on any atom is 0.227 e. The number of phenols is 1. The summed E-state index contributed by atoms with van der Waals surface area (Å²) >= 11 is 0. The van der Waals surface area contributed by atoms with E-state index in [1.807, 2.05) is 48.2 Å². The fraction of sp³-hybridized carbons (Fsp3) is 0.391. The molecule has 0 unspecified atom stereocenters. The second-order valence-electron chi connectivity index (χ2n) is 7.18. The number of aliphatic imine (C=N–C) groups is 1. The van der Waals surface area contributed by atoms with E-state index >= 15 is 0 Å². The largest absolute Gasteiger partial charge is 0.508 e. The SMILES string of the molecule is CCNC(=NCc1ccc(N2CCCC2=O)cc1)NCCc1ccc(OC)cc1O. The molecule has 1 amide bonds. The van der Waals surface area contributed by atoms with E-state index in [1.54, 1.807) is 13.2 Å². The summed E-state index contributed by atoms with van der Waals surface area (Å²) in [7, 11) is 1.58. The van der Waals surface area contributed by atoms with Crippen molar-refractivity contribution in [2.24, 2.45) is 4.99 Å². The van der Waals surface area contributed by atoms with Crippen LogP contribution in [0.25, 0.3) is 0 Å². The van der Waals surface area contributed by atoms with Crippen molar-refractivity contribution in [2.75, 3.05) is 31.6 Å². The second kappa shape index (κ2) is 10.5. The van der Waals surface area contributed by atoms with Crippen LogP contribution in [0.2, 0.25) is 0 Å². The second-order valence-corrected chi connectivity index (χ2v) is 7.18. The number of benzene rings is 2. The van der Waals surface area contributed by atoms with Crippen LogP contribution in [0.15, 0.2) is 47.5 Å². The van der Waals surface area contributed by atoms with Crippen LogP contribution >= 0.6 is 0 Å². The van der Waals surface area contributed by atoms with Crippen LogP contribution < -0.4 is 20.3 Å². The highest BCUT2D eigenvalue weighted by molar-refractivity contribution is 5.95. The number of carbonyl (C=O) groups excluding carboxylic acids is 1. The fourth-order valence-electron chi connectivity index (χ4n) is 3.41. The molecule has 0 aromatic heterocycles. The Balaban J connectivity index is 1.54. The number of guanidine groups is 1. The van der Waals surface area contributed by atoms with Crippen LogP contribution in [0.5, 0.6) is 11.5 Å². The summed E-state index contributed by atoms with van der Waals surface area (Å²) in [5.74, 6) is 1.79. The number of carbonyl (C=O) groups is 1. The molecule has 160 valence electrons. The zero-order valence-corrected chi connectivity index (χ0v) is 17.6. The topological polar surface area (TPSA) is 86.2 Å². The Morgan fingerprint density at radius 3 is 2.63 bits per heavy atom. The van der Waals surface area contributed by atoms with E-state index in [9.17, 15) is 9.90 Å². The predicted molar refractivity (Wildman–Crippen MR) is 119 cm³/mol. The van der Waals surface area contributed by atoms with E-state index in [0.717, 1.165) is 42.3 Å². The minimum atomic E-state index is 0.197. The smallest absolute Gasteiger partial charge is 0.227 e. The minimum absolute atomic E-state index is 0.197. The lowest BCUT2D eigenvalue weighted by atomic mass is 10.1. The molecule has 1 heterocycles. The molecule has 7 nitrogen and oxygen atoms in total. The number of nitrogens with one attached hydrogen (secondary N) is 2. The van der Waals surface area contributed by atoms with Gasteiger partial charge in [-0.05, 0) is 49.1 Å². The highest BCUT2D eigenvalue weighted by Crippen LogP contribution is 2.23. The third-order valence-electron chi connectivity index (χ3n) is 5.06. The van der Waals surface area contributed by atoms with Gasteiger partial charge in [0.25, 0.3) is 0 Å². The number of ether oxygens (including phenoxy) is 1. The van der Waals surface area contributed by atoms with Crippen LogP contribution in [0, 0.1) is 0 Å². The average molecular weight is 411 g/mol. The summed E-state index contributed by atoms with van der Waals surface area (Å²) in [5.41, 5.74) is 2.89. The van der Waals surface area contributed by atoms with Gasteiger partial charge in [-0.1, -0.05) is 18.2 Å². The summed E-state index contributed by atoms with van der Waals surface area (Å²) in [6, 6.07) is 13.3. The predicted octanol–water partition coefficient (Wildman–Crippen LogP) is 2.83. The average Bonchev–Trinajstić information content (AvgIpc) is 3.19. The molecule has 7 heteroatoms. The summed E-state index contributed by atoms with van der Waals surface area (Å²) in [6.45, 7) is 4.76. The molecule has 0 spiro atoms. The van der Waals surface area contributed by atoms with Crippen molar-refractivity contribution in [3.05, 3.63) is 53.6 Å². The van der Waals surface area contributed by atoms with Crippen LogP contribution in [0.1, 0.15) is 30.9 Å². The molecule has 3 rings (SSSR count). The van der Waals surface area contributed by atoms with Gasteiger partial charge in [0.2, 0.25) is 5.91 Å². The van der Waals surface area contributed by atoms with Crippen LogP contribution in [-0.4, -0.2) is 43.7 Å². The molecular weight excluding hydrogens is 380 g/mol. The fourth-order valence-corrected chi connectivity index (χ4v) is 3.41.